The van der Waals surface area contributed by atoms with Crippen LogP contribution in [0.4, 0.5) is 4.79 Å². The maximum atomic E-state index is 11.7. The summed E-state index contributed by atoms with van der Waals surface area (Å²) in [5.74, 6) is -0.470. The van der Waals surface area contributed by atoms with Gasteiger partial charge in [-0.3, -0.25) is 9.59 Å². The predicted molar refractivity (Wildman–Crippen MR) is 108 cm³/mol. The first-order valence-electron chi connectivity index (χ1n) is 9.09. The second-order valence-electron chi connectivity index (χ2n) is 6.01. The number of esters is 2. The molecule has 0 bridgehead atoms. The maximum absolute atomic E-state index is 11.7. The van der Waals surface area contributed by atoms with Crippen LogP contribution in [-0.2, 0) is 25.5 Å². The number of rotatable bonds is 10. The average Bonchev–Trinajstić information content (AvgIpc) is 2.72. The van der Waals surface area contributed by atoms with E-state index in [4.69, 9.17) is 25.8 Å². The van der Waals surface area contributed by atoms with Gasteiger partial charge in [-0.2, -0.15) is 0 Å². The SMILES string of the molecule is O=C(CCc1ccccc1)OCOC(=O)NCCCC(=O)Oc1ccc(Cl)cc1.[H-].[Na+]. The number of carbonyl (C=O) groups is 3. The molecule has 0 saturated carbocycles. The molecule has 0 aliphatic rings. The molecule has 7 nitrogen and oxygen atoms in total. The monoisotopic (exact) mass is 443 g/mol. The van der Waals surface area contributed by atoms with Crippen molar-refractivity contribution in [1.82, 2.24) is 5.32 Å². The van der Waals surface area contributed by atoms with Crippen molar-refractivity contribution in [2.45, 2.75) is 25.7 Å². The Bertz CT molecular complexity index is 807. The molecule has 156 valence electrons. The molecule has 0 aliphatic carbocycles. The third-order valence-corrected chi connectivity index (χ3v) is 3.99. The minimum Gasteiger partial charge on any atom is -1.00 e. The molecule has 0 aromatic heterocycles. The van der Waals surface area contributed by atoms with Crippen LogP contribution in [0.2, 0.25) is 5.02 Å². The molecule has 2 rings (SSSR count). The van der Waals surface area contributed by atoms with Gasteiger partial charge in [0, 0.05) is 24.4 Å². The smallest absolute Gasteiger partial charge is 1.00 e. The van der Waals surface area contributed by atoms with Crippen LogP contribution >= 0.6 is 11.6 Å². The summed E-state index contributed by atoms with van der Waals surface area (Å²) in [6.45, 7) is -0.241. The van der Waals surface area contributed by atoms with Crippen molar-refractivity contribution >= 4 is 29.6 Å². The van der Waals surface area contributed by atoms with Crippen LogP contribution in [-0.4, -0.2) is 31.4 Å². The minimum absolute atomic E-state index is 0. The van der Waals surface area contributed by atoms with Gasteiger partial charge in [-0.1, -0.05) is 41.9 Å². The second kappa shape index (κ2) is 14.8. The van der Waals surface area contributed by atoms with Gasteiger partial charge in [0.1, 0.15) is 5.75 Å². The van der Waals surface area contributed by atoms with Gasteiger partial charge in [0.15, 0.2) is 0 Å². The summed E-state index contributed by atoms with van der Waals surface area (Å²) >= 11 is 5.75. The van der Waals surface area contributed by atoms with Crippen LogP contribution in [0, 0.1) is 0 Å². The number of hydrogen-bond donors (Lipinski definition) is 1. The molecule has 9 heteroatoms. The fraction of sp³-hybridized carbons (Fsp3) is 0.286. The molecule has 0 fully saturated rings. The molecule has 0 atom stereocenters. The number of amides is 1. The third kappa shape index (κ3) is 11.2. The summed E-state index contributed by atoms with van der Waals surface area (Å²) in [4.78, 5) is 34.8. The topological polar surface area (TPSA) is 90.9 Å². The van der Waals surface area contributed by atoms with Crippen molar-refractivity contribution in [3.63, 3.8) is 0 Å². The van der Waals surface area contributed by atoms with Crippen LogP contribution < -0.4 is 39.6 Å². The normalized spacial score (nSPS) is 9.77. The molecule has 30 heavy (non-hydrogen) atoms. The molecule has 0 unspecified atom stereocenters. The third-order valence-electron chi connectivity index (χ3n) is 3.74. The van der Waals surface area contributed by atoms with E-state index in [1.54, 1.807) is 24.3 Å². The molecule has 0 radical (unpaired) electrons. The van der Waals surface area contributed by atoms with Crippen molar-refractivity contribution < 1.29 is 59.6 Å². The fourth-order valence-corrected chi connectivity index (χ4v) is 2.40. The van der Waals surface area contributed by atoms with Gasteiger partial charge in [0.05, 0.1) is 0 Å². The summed E-state index contributed by atoms with van der Waals surface area (Å²) in [6, 6.07) is 16.0. The Balaban J connectivity index is 0.00000450. The van der Waals surface area contributed by atoms with Gasteiger partial charge in [0.25, 0.3) is 0 Å². The Labute approximate surface area is 203 Å². The van der Waals surface area contributed by atoms with E-state index in [9.17, 15) is 14.4 Å². The van der Waals surface area contributed by atoms with Crippen molar-refractivity contribution in [2.24, 2.45) is 0 Å². The molecule has 1 N–H and O–H groups in total. The van der Waals surface area contributed by atoms with Gasteiger partial charge >= 0.3 is 47.6 Å². The number of benzene rings is 2. The Kier molecular flexibility index (Phi) is 12.9. The van der Waals surface area contributed by atoms with Gasteiger partial charge < -0.3 is 21.0 Å². The Morgan fingerprint density at radius 2 is 1.60 bits per heavy atom. The molecule has 1 amide bonds. The van der Waals surface area contributed by atoms with Crippen molar-refractivity contribution in [3.05, 3.63) is 65.2 Å². The number of hydrogen-bond acceptors (Lipinski definition) is 6. The van der Waals surface area contributed by atoms with Crippen molar-refractivity contribution in [3.8, 4) is 5.75 Å². The van der Waals surface area contributed by atoms with Crippen LogP contribution in [0.3, 0.4) is 0 Å². The van der Waals surface area contributed by atoms with Gasteiger partial charge in [-0.05, 0) is 42.7 Å². The number of ether oxygens (including phenoxy) is 3. The van der Waals surface area contributed by atoms with Crippen LogP contribution in [0.15, 0.2) is 54.6 Å². The standard InChI is InChI=1S/C21H22ClNO6.Na.H/c22-17-9-11-18(12-10-17)29-20(25)7-4-14-23-21(26)28-15-27-19(24)13-8-16-5-2-1-3-6-16;;/h1-3,5-6,9-12H,4,7-8,13-15H2,(H,23,26);;/q;+1;-1. The first-order chi connectivity index (χ1) is 14.0. The van der Waals surface area contributed by atoms with Crippen LogP contribution in [0.25, 0.3) is 0 Å². The Morgan fingerprint density at radius 3 is 2.30 bits per heavy atom. The molecule has 0 spiro atoms. The van der Waals surface area contributed by atoms with E-state index < -0.39 is 24.8 Å². The summed E-state index contributed by atoms with van der Waals surface area (Å²) in [7, 11) is 0. The molecular weight excluding hydrogens is 421 g/mol. The first kappa shape index (κ1) is 26.0. The maximum Gasteiger partial charge on any atom is 1.00 e. The van der Waals surface area contributed by atoms with E-state index in [0.717, 1.165) is 5.56 Å². The minimum atomic E-state index is -0.730. The number of alkyl carbamates (subject to hydrolysis) is 1. The Morgan fingerprint density at radius 1 is 0.900 bits per heavy atom. The molecule has 2 aromatic carbocycles. The zero-order valence-electron chi connectivity index (χ0n) is 17.8. The molecule has 2 aromatic rings. The number of nitrogens with one attached hydrogen (secondary N) is 1. The Hall–Kier alpha value is -2.06. The number of halogens is 1. The molecule has 0 heterocycles. The van der Waals surface area contributed by atoms with E-state index >= 15 is 0 Å². The fourth-order valence-electron chi connectivity index (χ4n) is 2.27. The predicted octanol–water partition coefficient (Wildman–Crippen LogP) is 1.00. The largest absolute Gasteiger partial charge is 1.00 e. The first-order valence-corrected chi connectivity index (χ1v) is 9.47. The summed E-state index contributed by atoms with van der Waals surface area (Å²) < 4.78 is 14.7. The van der Waals surface area contributed by atoms with Crippen molar-refractivity contribution in [2.75, 3.05) is 13.3 Å². The van der Waals surface area contributed by atoms with E-state index in [1.165, 1.54) is 0 Å². The quantitative estimate of drug-likeness (QED) is 0.194. The van der Waals surface area contributed by atoms with E-state index in [2.05, 4.69) is 5.32 Å². The van der Waals surface area contributed by atoms with E-state index in [-0.39, 0.29) is 50.4 Å². The zero-order chi connectivity index (χ0) is 20.9. The van der Waals surface area contributed by atoms with Crippen molar-refractivity contribution in [1.29, 1.82) is 0 Å². The summed E-state index contributed by atoms with van der Waals surface area (Å²) in [5.41, 5.74) is 1.03. The van der Waals surface area contributed by atoms with Crippen LogP contribution in [0.1, 0.15) is 26.3 Å². The van der Waals surface area contributed by atoms with Gasteiger partial charge in [0.2, 0.25) is 6.79 Å². The second-order valence-corrected chi connectivity index (χ2v) is 6.45. The number of aryl methyl sites for hydroxylation is 1. The summed E-state index contributed by atoms with van der Waals surface area (Å²) in [6.07, 6.45) is 0.519. The zero-order valence-corrected chi connectivity index (χ0v) is 19.5. The van der Waals surface area contributed by atoms with Gasteiger partial charge in [-0.25, -0.2) is 4.79 Å². The van der Waals surface area contributed by atoms with E-state index in [0.29, 0.717) is 23.6 Å². The molecule has 0 saturated heterocycles. The molecular formula is C21H23ClNNaO6. The molecule has 0 aliphatic heterocycles. The van der Waals surface area contributed by atoms with Crippen LogP contribution in [0.5, 0.6) is 5.75 Å². The number of carbonyl (C=O) groups excluding carboxylic acids is 3. The van der Waals surface area contributed by atoms with E-state index in [1.807, 2.05) is 30.3 Å². The summed E-state index contributed by atoms with van der Waals surface area (Å²) in [5, 5.41) is 3.01. The average molecular weight is 444 g/mol. The van der Waals surface area contributed by atoms with Gasteiger partial charge in [-0.15, -0.1) is 0 Å².